The number of carboxylic acids is 4. The lowest BCUT2D eigenvalue weighted by Gasteiger charge is -2.36. The molecule has 0 spiro atoms. The third-order valence-corrected chi connectivity index (χ3v) is 18.7. The van der Waals surface area contributed by atoms with E-state index in [1.54, 1.807) is 73.0 Å². The number of likely N-dealkylation sites (tertiary alicyclic amines) is 2. The van der Waals surface area contributed by atoms with Crippen molar-refractivity contribution < 1.29 is 100 Å². The van der Waals surface area contributed by atoms with Crippen LogP contribution in [-0.4, -0.2) is 359 Å². The van der Waals surface area contributed by atoms with E-state index in [2.05, 4.69) is 31.2 Å². The molecule has 2 aromatic heterocycles. The Balaban J connectivity index is 0.902. The molecule has 0 aliphatic carbocycles. The van der Waals surface area contributed by atoms with E-state index in [1.165, 1.54) is 39.2 Å². The molecule has 9 amide bonds. The van der Waals surface area contributed by atoms with Crippen LogP contribution in [0.3, 0.4) is 0 Å². The van der Waals surface area contributed by atoms with Crippen LogP contribution >= 0.6 is 0 Å². The van der Waals surface area contributed by atoms with Crippen molar-refractivity contribution in [2.45, 2.75) is 62.5 Å². The van der Waals surface area contributed by atoms with Crippen molar-refractivity contribution in [2.24, 2.45) is 0 Å². The molecule has 109 heavy (non-hydrogen) atoms. The molecule has 4 fully saturated rings. The Morgan fingerprint density at radius 3 is 1.12 bits per heavy atom. The van der Waals surface area contributed by atoms with Gasteiger partial charge >= 0.3 is 35.9 Å². The van der Waals surface area contributed by atoms with Gasteiger partial charge in [-0.05, 0) is 74.2 Å². The van der Waals surface area contributed by atoms with E-state index in [1.807, 2.05) is 0 Å². The van der Waals surface area contributed by atoms with Gasteiger partial charge in [-0.15, -0.1) is 0 Å². The van der Waals surface area contributed by atoms with E-state index in [9.17, 15) is 101 Å². The first-order valence-electron chi connectivity index (χ1n) is 35.6. The molecule has 6 heterocycles. The van der Waals surface area contributed by atoms with Gasteiger partial charge in [-0.2, -0.15) is 10.5 Å². The molecular formula is C70H90F4N18O17. The number of carbonyl (C=O) groups excluding carboxylic acids is 7. The van der Waals surface area contributed by atoms with Gasteiger partial charge in [0.15, 0.2) is 0 Å². The number of hydrogen-bond acceptors (Lipinski definition) is 22. The molecule has 2 atom stereocenters. The van der Waals surface area contributed by atoms with Gasteiger partial charge in [-0.1, -0.05) is 0 Å². The number of pyridine rings is 2. The van der Waals surface area contributed by atoms with E-state index in [0.717, 1.165) is 9.80 Å². The Bertz CT molecular complexity index is 3780. The highest BCUT2D eigenvalue weighted by Crippen LogP contribution is 2.33. The fraction of sp³-hybridized carbons (Fsp3) is 0.557. The predicted molar refractivity (Wildman–Crippen MR) is 378 cm³/mol. The molecule has 2 aromatic carbocycles. The number of halogens is 4. The summed E-state index contributed by atoms with van der Waals surface area (Å²) in [4.78, 5) is 167. The molecule has 0 radical (unpaired) electrons. The van der Waals surface area contributed by atoms with Gasteiger partial charge < -0.3 is 75.7 Å². The zero-order valence-electron chi connectivity index (χ0n) is 60.0. The maximum atomic E-state index is 14.9. The molecule has 0 saturated carbocycles. The van der Waals surface area contributed by atoms with Crippen LogP contribution in [0.2, 0.25) is 0 Å². The van der Waals surface area contributed by atoms with E-state index in [4.69, 9.17) is 9.47 Å². The first-order chi connectivity index (χ1) is 52.1. The maximum absolute atomic E-state index is 14.9. The van der Waals surface area contributed by atoms with Crippen LogP contribution in [-0.2, 0) is 33.6 Å². The van der Waals surface area contributed by atoms with Crippen molar-refractivity contribution >= 4 is 87.3 Å². The number of nitrogens with one attached hydrogen (secondary N) is 4. The standard InChI is InChI=1S/C70H90F4N18O17/c71-69(72)35-48(37-75)91(46-69)58(93)39-81-65(104)52-9-13-77-56-7-5-50(33-54(52)56)108-31-3-1-11-79-67(106)89-25-23-87(45-64(102)103)24-26-90(30-28-88(27-29-89)60(95)41-83-15-17-84(42-61(96)97)19-21-86(44-63(100)101)22-20-85(18-16-83)43-62(98)99)68(107)80-12-2-4-32-109-51-6-8-57-55(34-51)53(10-14-78-57)66(105)82-40-59(94)92-47-70(73,74)36-49(92)38-76/h5-10,13-14,33-34,48-49H,1-4,11-12,15-32,35-36,39-47H2,(H,79,106)(H,80,107)(H,81,104)(H,82,105)(H,96,97)(H,98,99)(H,100,101)(H,102,103)/t48-,49-/m0/s1. The lowest BCUT2D eigenvalue weighted by atomic mass is 10.1. The summed E-state index contributed by atoms with van der Waals surface area (Å²) in [6, 6.07) is 12.1. The molecule has 8 N–H and O–H groups in total. The van der Waals surface area contributed by atoms with Crippen LogP contribution in [0.15, 0.2) is 60.9 Å². The molecular weight excluding hydrogens is 1440 g/mol. The van der Waals surface area contributed by atoms with Crippen LogP contribution in [0.1, 0.15) is 59.2 Å². The zero-order chi connectivity index (χ0) is 78.8. The number of hydrogen-bond donors (Lipinski definition) is 8. The Kier molecular flexibility index (Phi) is 31.0. The van der Waals surface area contributed by atoms with Gasteiger partial charge in [-0.3, -0.25) is 77.6 Å². The Hall–Kier alpha value is -10.9. The highest BCUT2D eigenvalue weighted by atomic mass is 19.3. The topological polar surface area (TPSA) is 441 Å². The maximum Gasteiger partial charge on any atom is 0.317 e. The van der Waals surface area contributed by atoms with Crippen molar-refractivity contribution in [2.75, 3.05) is 190 Å². The molecule has 0 bridgehead atoms. The molecule has 4 saturated heterocycles. The van der Waals surface area contributed by atoms with Crippen molar-refractivity contribution in [3.05, 3.63) is 72.1 Å². The SMILES string of the molecule is N#C[C@@H]1CC(F)(F)CN1C(=O)CNC(=O)c1ccnc2ccc(OCCCCNC(=O)N3CCN(CC(=O)O)CCN(C(=O)NCCCCOc4ccc5nccc(C(=O)NCC(=O)N6CC(F)(F)C[C@H]6C#N)c5c4)CCN(C(=O)CN4CCN(CC(=O)O)CCN(CC(=O)O)CCN(CC(=O)O)CC4)CC3)cc12. The minimum absolute atomic E-state index is 0.0164. The smallest absolute Gasteiger partial charge is 0.317 e. The van der Waals surface area contributed by atoms with Gasteiger partial charge in [0, 0.05) is 154 Å². The van der Waals surface area contributed by atoms with Crippen LogP contribution in [0.4, 0.5) is 27.2 Å². The lowest BCUT2D eigenvalue weighted by molar-refractivity contribution is -0.140. The number of alkyl halides is 4. The number of ether oxygens (including phenoxy) is 2. The number of nitriles is 2. The third kappa shape index (κ3) is 26.2. The van der Waals surface area contributed by atoms with Gasteiger partial charge in [-0.25, -0.2) is 27.2 Å². The minimum Gasteiger partial charge on any atom is -0.494 e. The Morgan fingerprint density at radius 2 is 0.771 bits per heavy atom. The largest absolute Gasteiger partial charge is 0.494 e. The number of fused-ring (bicyclic) bond motifs is 2. The van der Waals surface area contributed by atoms with Gasteiger partial charge in [0.2, 0.25) is 17.7 Å². The van der Waals surface area contributed by atoms with Crippen LogP contribution < -0.4 is 30.7 Å². The monoisotopic (exact) mass is 1530 g/mol. The number of aliphatic carboxylic acids is 4. The average molecular weight is 1530 g/mol. The summed E-state index contributed by atoms with van der Waals surface area (Å²) >= 11 is 0. The van der Waals surface area contributed by atoms with Gasteiger partial charge in [0.1, 0.15) is 23.6 Å². The number of amides is 9. The summed E-state index contributed by atoms with van der Waals surface area (Å²) in [6.45, 7) is -3.93. The molecule has 590 valence electrons. The van der Waals surface area contributed by atoms with Crippen molar-refractivity contribution in [3.8, 4) is 23.6 Å². The summed E-state index contributed by atoms with van der Waals surface area (Å²) in [5.74, 6) is -13.9. The van der Waals surface area contributed by atoms with Crippen LogP contribution in [0, 0.1) is 22.7 Å². The summed E-state index contributed by atoms with van der Waals surface area (Å²) in [5.41, 5.74) is 1.04. The minimum atomic E-state index is -3.24. The molecule has 4 aliphatic rings. The van der Waals surface area contributed by atoms with Crippen molar-refractivity contribution in [1.82, 2.24) is 80.2 Å². The van der Waals surface area contributed by atoms with Crippen LogP contribution in [0.25, 0.3) is 21.8 Å². The molecule has 4 aromatic rings. The van der Waals surface area contributed by atoms with Gasteiger partial charge in [0.05, 0.1) is 106 Å². The Labute approximate surface area is 624 Å². The van der Waals surface area contributed by atoms with Crippen molar-refractivity contribution in [1.29, 1.82) is 10.5 Å². The summed E-state index contributed by atoms with van der Waals surface area (Å²) in [5, 5.41) is 69.5. The van der Waals surface area contributed by atoms with E-state index < -0.39 is 148 Å². The van der Waals surface area contributed by atoms with E-state index in [0.29, 0.717) is 59.0 Å². The first-order valence-corrected chi connectivity index (χ1v) is 35.6. The summed E-state index contributed by atoms with van der Waals surface area (Å²) < 4.78 is 68.2. The summed E-state index contributed by atoms with van der Waals surface area (Å²) in [6.07, 6.45) is 2.75. The second kappa shape index (κ2) is 40.4. The normalized spacial score (nSPS) is 18.9. The van der Waals surface area contributed by atoms with Crippen molar-refractivity contribution in [3.63, 3.8) is 0 Å². The quantitative estimate of drug-likeness (QED) is 0.0284. The number of aromatic nitrogens is 2. The molecule has 0 unspecified atom stereocenters. The fourth-order valence-corrected chi connectivity index (χ4v) is 12.9. The highest BCUT2D eigenvalue weighted by Gasteiger charge is 2.48. The summed E-state index contributed by atoms with van der Waals surface area (Å²) in [7, 11) is 0. The number of urea groups is 2. The number of unbranched alkanes of at least 4 members (excludes halogenated alkanes) is 2. The van der Waals surface area contributed by atoms with Gasteiger partial charge in [0.25, 0.3) is 23.7 Å². The second-order valence-electron chi connectivity index (χ2n) is 26.8. The van der Waals surface area contributed by atoms with Crippen LogP contribution in [0.5, 0.6) is 11.5 Å². The lowest BCUT2D eigenvalue weighted by Crippen LogP contribution is -2.54. The Morgan fingerprint density at radius 1 is 0.440 bits per heavy atom. The molecule has 8 rings (SSSR count). The van der Waals surface area contributed by atoms with E-state index >= 15 is 0 Å². The fourth-order valence-electron chi connectivity index (χ4n) is 12.9. The number of nitrogens with zero attached hydrogens (tertiary/aromatic N) is 14. The van der Waals surface area contributed by atoms with E-state index in [-0.39, 0.29) is 155 Å². The first kappa shape index (κ1) is 83.8. The average Bonchev–Trinajstić information content (AvgIpc) is 1.55. The molecule has 4 aliphatic heterocycles. The molecule has 35 nitrogen and oxygen atoms in total. The zero-order valence-corrected chi connectivity index (χ0v) is 60.0. The predicted octanol–water partition coefficient (Wildman–Crippen LogP) is 0.508. The number of benzene rings is 2. The number of rotatable bonds is 28. The number of carbonyl (C=O) groups is 11. The molecule has 39 heteroatoms. The highest BCUT2D eigenvalue weighted by molar-refractivity contribution is 6.08. The number of carboxylic acid groups (broad SMARTS) is 4. The third-order valence-electron chi connectivity index (χ3n) is 18.7. The second-order valence-corrected chi connectivity index (χ2v) is 26.8.